The molecule has 120 valence electrons. The van der Waals surface area contributed by atoms with Crippen LogP contribution in [0.4, 0.5) is 13.6 Å². The maximum absolute atomic E-state index is 14.0. The minimum absolute atomic E-state index is 0.0724. The fourth-order valence-corrected chi connectivity index (χ4v) is 2.27. The first kappa shape index (κ1) is 16.0. The molecule has 1 saturated heterocycles. The standard InChI is InChI=1S/C14H22F2N2O3/c1-13(2,3)21-12(20)18-7-6-17(8-14(15,16)9-18)11(19)10-4-5-10/h10H,4-9H2,1-3H3. The molecule has 0 atom stereocenters. The van der Waals surface area contributed by atoms with E-state index >= 15 is 0 Å². The molecule has 0 bridgehead atoms. The summed E-state index contributed by atoms with van der Waals surface area (Å²) >= 11 is 0. The lowest BCUT2D eigenvalue weighted by Crippen LogP contribution is -2.44. The Bertz CT molecular complexity index is 430. The molecule has 2 fully saturated rings. The summed E-state index contributed by atoms with van der Waals surface area (Å²) in [7, 11) is 0. The van der Waals surface area contributed by atoms with Gasteiger partial charge in [0, 0.05) is 19.0 Å². The Balaban J connectivity index is 2.03. The summed E-state index contributed by atoms with van der Waals surface area (Å²) in [5.41, 5.74) is -0.734. The second-order valence-electron chi connectivity index (χ2n) is 6.79. The Morgan fingerprint density at radius 1 is 1.10 bits per heavy atom. The highest BCUT2D eigenvalue weighted by Crippen LogP contribution is 2.32. The summed E-state index contributed by atoms with van der Waals surface area (Å²) in [6.45, 7) is 3.92. The summed E-state index contributed by atoms with van der Waals surface area (Å²) in [6.07, 6.45) is 0.788. The molecular weight excluding hydrogens is 282 g/mol. The van der Waals surface area contributed by atoms with Crippen LogP contribution in [-0.2, 0) is 9.53 Å². The predicted molar refractivity (Wildman–Crippen MR) is 72.1 cm³/mol. The first-order valence-corrected chi connectivity index (χ1v) is 7.22. The molecule has 1 aliphatic carbocycles. The number of hydrogen-bond acceptors (Lipinski definition) is 3. The second kappa shape index (κ2) is 5.42. The van der Waals surface area contributed by atoms with E-state index in [1.165, 1.54) is 4.90 Å². The van der Waals surface area contributed by atoms with Gasteiger partial charge in [0.05, 0.1) is 13.1 Å². The van der Waals surface area contributed by atoms with Gasteiger partial charge in [0.15, 0.2) is 0 Å². The Kier molecular flexibility index (Phi) is 4.13. The van der Waals surface area contributed by atoms with Gasteiger partial charge < -0.3 is 14.5 Å². The van der Waals surface area contributed by atoms with Gasteiger partial charge in [0.25, 0.3) is 5.92 Å². The van der Waals surface area contributed by atoms with Crippen LogP contribution in [0, 0.1) is 5.92 Å². The summed E-state index contributed by atoms with van der Waals surface area (Å²) in [4.78, 5) is 26.1. The third-order valence-electron chi connectivity index (χ3n) is 3.37. The van der Waals surface area contributed by atoms with Gasteiger partial charge in [-0.3, -0.25) is 4.79 Å². The second-order valence-corrected chi connectivity index (χ2v) is 6.79. The van der Waals surface area contributed by atoms with Crippen molar-refractivity contribution >= 4 is 12.0 Å². The van der Waals surface area contributed by atoms with Gasteiger partial charge in [-0.25, -0.2) is 13.6 Å². The topological polar surface area (TPSA) is 49.9 Å². The van der Waals surface area contributed by atoms with Crippen LogP contribution in [0.3, 0.4) is 0 Å². The van der Waals surface area contributed by atoms with Crippen molar-refractivity contribution in [2.24, 2.45) is 5.92 Å². The maximum atomic E-state index is 14.0. The van der Waals surface area contributed by atoms with Gasteiger partial charge in [0.2, 0.25) is 5.91 Å². The zero-order valence-corrected chi connectivity index (χ0v) is 12.7. The van der Waals surface area contributed by atoms with E-state index in [0.717, 1.165) is 17.7 Å². The number of amides is 2. The molecule has 1 saturated carbocycles. The Morgan fingerprint density at radius 3 is 2.14 bits per heavy atom. The highest BCUT2D eigenvalue weighted by atomic mass is 19.3. The third-order valence-corrected chi connectivity index (χ3v) is 3.37. The van der Waals surface area contributed by atoms with Crippen molar-refractivity contribution in [1.82, 2.24) is 9.80 Å². The zero-order valence-electron chi connectivity index (χ0n) is 12.7. The number of nitrogens with zero attached hydrogens (tertiary/aromatic N) is 2. The first-order chi connectivity index (χ1) is 9.57. The highest BCUT2D eigenvalue weighted by molar-refractivity contribution is 5.81. The molecule has 0 unspecified atom stereocenters. The predicted octanol–water partition coefficient (Wildman–Crippen LogP) is 2.11. The van der Waals surface area contributed by atoms with Gasteiger partial charge in [-0.2, -0.15) is 0 Å². The number of ether oxygens (including phenoxy) is 1. The Labute approximate surface area is 123 Å². The van der Waals surface area contributed by atoms with Crippen molar-refractivity contribution < 1.29 is 23.1 Å². The Morgan fingerprint density at radius 2 is 1.62 bits per heavy atom. The molecule has 2 amide bonds. The molecule has 1 heterocycles. The molecule has 2 aliphatic rings. The SMILES string of the molecule is CC(C)(C)OC(=O)N1CCN(C(=O)C2CC2)CC(F)(F)C1. The monoisotopic (exact) mass is 304 g/mol. The quantitative estimate of drug-likeness (QED) is 0.745. The zero-order chi connectivity index (χ0) is 15.8. The maximum Gasteiger partial charge on any atom is 0.410 e. The molecule has 0 aromatic carbocycles. The van der Waals surface area contributed by atoms with Gasteiger partial charge in [-0.15, -0.1) is 0 Å². The van der Waals surface area contributed by atoms with Crippen LogP contribution < -0.4 is 0 Å². The van der Waals surface area contributed by atoms with Crippen LogP contribution in [0.2, 0.25) is 0 Å². The molecule has 21 heavy (non-hydrogen) atoms. The fourth-order valence-electron chi connectivity index (χ4n) is 2.27. The molecule has 0 radical (unpaired) electrons. The number of carbonyl (C=O) groups excluding carboxylic acids is 2. The Hall–Kier alpha value is -1.40. The summed E-state index contributed by atoms with van der Waals surface area (Å²) < 4.78 is 33.0. The summed E-state index contributed by atoms with van der Waals surface area (Å²) in [5, 5.41) is 0. The molecule has 0 aromatic heterocycles. The van der Waals surface area contributed by atoms with E-state index in [2.05, 4.69) is 0 Å². The highest BCUT2D eigenvalue weighted by Gasteiger charge is 2.43. The van der Waals surface area contributed by atoms with Crippen LogP contribution in [0.15, 0.2) is 0 Å². The van der Waals surface area contributed by atoms with Gasteiger partial charge in [-0.1, -0.05) is 0 Å². The minimum atomic E-state index is -3.11. The van der Waals surface area contributed by atoms with E-state index in [-0.39, 0.29) is 24.9 Å². The van der Waals surface area contributed by atoms with Crippen molar-refractivity contribution in [2.75, 3.05) is 26.2 Å². The van der Waals surface area contributed by atoms with E-state index < -0.39 is 30.7 Å². The fraction of sp³-hybridized carbons (Fsp3) is 0.857. The van der Waals surface area contributed by atoms with Crippen LogP contribution >= 0.6 is 0 Å². The van der Waals surface area contributed by atoms with E-state index in [9.17, 15) is 18.4 Å². The molecule has 0 aromatic rings. The molecule has 0 N–H and O–H groups in total. The number of rotatable bonds is 1. The van der Waals surface area contributed by atoms with Crippen molar-refractivity contribution in [1.29, 1.82) is 0 Å². The van der Waals surface area contributed by atoms with E-state index in [0.29, 0.717) is 0 Å². The van der Waals surface area contributed by atoms with E-state index in [1.54, 1.807) is 20.8 Å². The molecular formula is C14H22F2N2O3. The van der Waals surface area contributed by atoms with Crippen LogP contribution in [0.25, 0.3) is 0 Å². The smallest absolute Gasteiger partial charge is 0.410 e. The van der Waals surface area contributed by atoms with Crippen molar-refractivity contribution in [3.63, 3.8) is 0 Å². The number of halogens is 2. The number of hydrogen-bond donors (Lipinski definition) is 0. The molecule has 1 aliphatic heterocycles. The number of carbonyl (C=O) groups is 2. The van der Waals surface area contributed by atoms with Crippen LogP contribution in [0.5, 0.6) is 0 Å². The minimum Gasteiger partial charge on any atom is -0.444 e. The lowest BCUT2D eigenvalue weighted by molar-refractivity contribution is -0.136. The van der Waals surface area contributed by atoms with Crippen molar-refractivity contribution in [3.05, 3.63) is 0 Å². The summed E-state index contributed by atoms with van der Waals surface area (Å²) in [6, 6.07) is 0. The average molecular weight is 304 g/mol. The van der Waals surface area contributed by atoms with E-state index in [4.69, 9.17) is 4.74 Å². The normalized spacial score (nSPS) is 22.7. The third kappa shape index (κ3) is 4.54. The summed E-state index contributed by atoms with van der Waals surface area (Å²) in [5.74, 6) is -3.44. The number of alkyl halides is 2. The van der Waals surface area contributed by atoms with Crippen molar-refractivity contribution in [2.45, 2.75) is 45.1 Å². The average Bonchev–Trinajstić information content (AvgIpc) is 3.12. The molecule has 5 nitrogen and oxygen atoms in total. The van der Waals surface area contributed by atoms with Gasteiger partial charge in [0.1, 0.15) is 5.60 Å². The molecule has 2 rings (SSSR count). The van der Waals surface area contributed by atoms with Crippen molar-refractivity contribution in [3.8, 4) is 0 Å². The molecule has 0 spiro atoms. The van der Waals surface area contributed by atoms with Crippen LogP contribution in [-0.4, -0.2) is 59.5 Å². The van der Waals surface area contributed by atoms with Gasteiger partial charge >= 0.3 is 6.09 Å². The van der Waals surface area contributed by atoms with Crippen LogP contribution in [0.1, 0.15) is 33.6 Å². The first-order valence-electron chi connectivity index (χ1n) is 7.22. The lowest BCUT2D eigenvalue weighted by Gasteiger charge is -2.27. The molecule has 7 heteroatoms. The van der Waals surface area contributed by atoms with Gasteiger partial charge in [-0.05, 0) is 33.6 Å². The lowest BCUT2D eigenvalue weighted by atomic mass is 10.2. The largest absolute Gasteiger partial charge is 0.444 e. The van der Waals surface area contributed by atoms with E-state index in [1.807, 2.05) is 0 Å².